The number of nitrogens with zero attached hydrogens (tertiary/aromatic N) is 1. The number of benzene rings is 1. The Bertz CT molecular complexity index is 607. The Morgan fingerprint density at radius 1 is 1.48 bits per heavy atom. The fourth-order valence-corrected chi connectivity index (χ4v) is 3.85. The average molecular weight is 336 g/mol. The maximum Gasteiger partial charge on any atom is 0.290 e. The summed E-state index contributed by atoms with van der Waals surface area (Å²) in [5, 5.41) is 10.8. The number of nitrogens with two attached hydrogens (primary N) is 1. The molecule has 118 valence electrons. The van der Waals surface area contributed by atoms with Gasteiger partial charge in [0.2, 0.25) is 10.0 Å². The van der Waals surface area contributed by atoms with Crippen LogP contribution in [0.1, 0.15) is 26.2 Å². The molecule has 0 bridgehead atoms. The summed E-state index contributed by atoms with van der Waals surface area (Å²) in [6, 6.07) is 3.25. The number of hydrogen-bond donors (Lipinski definition) is 2. The molecule has 7 nitrogen and oxygen atoms in total. The number of nitro benzene ring substituents is 1. The van der Waals surface area contributed by atoms with Gasteiger partial charge < -0.3 is 5.73 Å². The highest BCUT2D eigenvalue weighted by Gasteiger charge is 2.30. The van der Waals surface area contributed by atoms with Crippen LogP contribution in [0.5, 0.6) is 0 Å². The second-order valence-electron chi connectivity index (χ2n) is 4.54. The lowest BCUT2D eigenvalue weighted by molar-refractivity contribution is -0.387. The Morgan fingerprint density at radius 3 is 2.67 bits per heavy atom. The van der Waals surface area contributed by atoms with Crippen molar-refractivity contribution in [1.29, 1.82) is 0 Å². The van der Waals surface area contributed by atoms with E-state index in [0.717, 1.165) is 18.9 Å². The lowest BCUT2D eigenvalue weighted by Gasteiger charge is -2.17. The number of sulfonamides is 1. The Kier molecular flexibility index (Phi) is 6.53. The first-order valence-electron chi connectivity index (χ1n) is 6.48. The monoisotopic (exact) mass is 335 g/mol. The normalized spacial score (nSPS) is 13.1. The zero-order valence-electron chi connectivity index (χ0n) is 11.6. The molecule has 1 rings (SSSR count). The van der Waals surface area contributed by atoms with E-state index in [1.807, 2.05) is 6.92 Å². The minimum atomic E-state index is -4.11. The number of nitro groups is 1. The van der Waals surface area contributed by atoms with E-state index >= 15 is 0 Å². The Morgan fingerprint density at radius 2 is 2.14 bits per heavy atom. The Labute approximate surface area is 128 Å². The fraction of sp³-hybridized carbons (Fsp3) is 0.500. The van der Waals surface area contributed by atoms with Gasteiger partial charge in [-0.2, -0.15) is 0 Å². The third-order valence-corrected chi connectivity index (χ3v) is 4.96. The van der Waals surface area contributed by atoms with Crippen LogP contribution < -0.4 is 10.5 Å². The number of nitrogens with one attached hydrogen (secondary N) is 1. The van der Waals surface area contributed by atoms with E-state index in [9.17, 15) is 18.5 Å². The molecule has 1 atom stereocenters. The van der Waals surface area contributed by atoms with Gasteiger partial charge in [-0.3, -0.25) is 10.1 Å². The summed E-state index contributed by atoms with van der Waals surface area (Å²) >= 11 is 5.83. The molecule has 0 saturated carbocycles. The molecule has 0 spiro atoms. The van der Waals surface area contributed by atoms with E-state index in [1.54, 1.807) is 0 Å². The van der Waals surface area contributed by atoms with Crippen LogP contribution in [0.25, 0.3) is 0 Å². The topological polar surface area (TPSA) is 115 Å². The second-order valence-corrected chi connectivity index (χ2v) is 6.60. The van der Waals surface area contributed by atoms with E-state index in [1.165, 1.54) is 12.1 Å². The maximum atomic E-state index is 12.4. The minimum absolute atomic E-state index is 0.109. The van der Waals surface area contributed by atoms with Crippen molar-refractivity contribution in [2.24, 2.45) is 5.73 Å². The summed E-state index contributed by atoms with van der Waals surface area (Å²) in [5.41, 5.74) is 4.99. The molecule has 3 N–H and O–H groups in total. The number of halogens is 1. The van der Waals surface area contributed by atoms with Crippen LogP contribution in [-0.4, -0.2) is 25.9 Å². The van der Waals surface area contributed by atoms with Gasteiger partial charge in [0.25, 0.3) is 5.69 Å². The highest BCUT2D eigenvalue weighted by molar-refractivity contribution is 7.89. The summed E-state index contributed by atoms with van der Waals surface area (Å²) in [5.74, 6) is 0. The molecule has 0 fully saturated rings. The molecule has 21 heavy (non-hydrogen) atoms. The Balaban J connectivity index is 3.16. The first-order valence-corrected chi connectivity index (χ1v) is 8.34. The predicted octanol–water partition coefficient (Wildman–Crippen LogP) is 2.04. The third-order valence-electron chi connectivity index (χ3n) is 2.92. The van der Waals surface area contributed by atoms with Crippen molar-refractivity contribution < 1.29 is 13.3 Å². The molecule has 0 saturated heterocycles. The van der Waals surface area contributed by atoms with Crippen molar-refractivity contribution in [3.63, 3.8) is 0 Å². The van der Waals surface area contributed by atoms with E-state index < -0.39 is 31.6 Å². The van der Waals surface area contributed by atoms with Crippen LogP contribution in [0.15, 0.2) is 23.1 Å². The summed E-state index contributed by atoms with van der Waals surface area (Å²) in [6.45, 7) is 2.08. The van der Waals surface area contributed by atoms with Gasteiger partial charge in [-0.05, 0) is 12.5 Å². The van der Waals surface area contributed by atoms with E-state index in [-0.39, 0.29) is 11.6 Å². The highest BCUT2D eigenvalue weighted by Crippen LogP contribution is 2.30. The Hall–Kier alpha value is -1.22. The smallest absolute Gasteiger partial charge is 0.290 e. The van der Waals surface area contributed by atoms with Crippen molar-refractivity contribution >= 4 is 27.3 Å². The molecule has 0 radical (unpaired) electrons. The average Bonchev–Trinajstić information content (AvgIpc) is 2.42. The zero-order chi connectivity index (χ0) is 16.0. The predicted molar refractivity (Wildman–Crippen MR) is 80.8 cm³/mol. The number of unbranched alkanes of at least 4 members (excludes halogenated alkanes) is 1. The van der Waals surface area contributed by atoms with Gasteiger partial charge in [-0.1, -0.05) is 37.4 Å². The molecule has 0 aliphatic carbocycles. The molecule has 1 aromatic rings. The van der Waals surface area contributed by atoms with E-state index in [2.05, 4.69) is 4.72 Å². The highest BCUT2D eigenvalue weighted by atomic mass is 35.5. The van der Waals surface area contributed by atoms with Crippen LogP contribution >= 0.6 is 11.6 Å². The standard InChI is InChI=1S/C12H18ClN3O4S/c1-2-3-5-9(8-14)15-21(19,20)12-10(13)6-4-7-11(12)16(17)18/h4,6-7,9,15H,2-3,5,8,14H2,1H3. The summed E-state index contributed by atoms with van der Waals surface area (Å²) in [4.78, 5) is 9.68. The molecule has 0 heterocycles. The van der Waals surface area contributed by atoms with Crippen LogP contribution in [0.2, 0.25) is 5.02 Å². The van der Waals surface area contributed by atoms with Crippen molar-refractivity contribution in [3.8, 4) is 0 Å². The summed E-state index contributed by atoms with van der Waals surface area (Å²) < 4.78 is 27.1. The molecule has 0 aliphatic rings. The van der Waals surface area contributed by atoms with Crippen molar-refractivity contribution in [3.05, 3.63) is 33.3 Å². The second kappa shape index (κ2) is 7.69. The van der Waals surface area contributed by atoms with Gasteiger partial charge in [0.05, 0.1) is 9.95 Å². The van der Waals surface area contributed by atoms with Crippen LogP contribution in [-0.2, 0) is 10.0 Å². The molecule has 1 aromatic carbocycles. The van der Waals surface area contributed by atoms with Crippen LogP contribution in [0.4, 0.5) is 5.69 Å². The van der Waals surface area contributed by atoms with Gasteiger partial charge in [-0.25, -0.2) is 13.1 Å². The zero-order valence-corrected chi connectivity index (χ0v) is 13.2. The summed E-state index contributed by atoms with van der Waals surface area (Å²) in [7, 11) is -4.11. The molecular formula is C12H18ClN3O4S. The summed E-state index contributed by atoms with van der Waals surface area (Å²) in [6.07, 6.45) is 2.25. The van der Waals surface area contributed by atoms with Crippen LogP contribution in [0, 0.1) is 10.1 Å². The molecule has 1 unspecified atom stereocenters. The van der Waals surface area contributed by atoms with Gasteiger partial charge in [0.15, 0.2) is 4.90 Å². The first-order chi connectivity index (χ1) is 9.83. The number of hydrogen-bond acceptors (Lipinski definition) is 5. The SMILES string of the molecule is CCCCC(CN)NS(=O)(=O)c1c(Cl)cccc1[N+](=O)[O-]. The molecule has 0 amide bonds. The molecule has 9 heteroatoms. The van der Waals surface area contributed by atoms with Gasteiger partial charge >= 0.3 is 0 Å². The minimum Gasteiger partial charge on any atom is -0.329 e. The van der Waals surface area contributed by atoms with Crippen LogP contribution in [0.3, 0.4) is 0 Å². The van der Waals surface area contributed by atoms with Gasteiger partial charge in [0, 0.05) is 18.7 Å². The third kappa shape index (κ3) is 4.63. The van der Waals surface area contributed by atoms with Gasteiger partial charge in [-0.15, -0.1) is 0 Å². The van der Waals surface area contributed by atoms with E-state index in [0.29, 0.717) is 6.42 Å². The maximum absolute atomic E-state index is 12.4. The van der Waals surface area contributed by atoms with Crippen molar-refractivity contribution in [2.75, 3.05) is 6.54 Å². The first kappa shape index (κ1) is 17.8. The van der Waals surface area contributed by atoms with E-state index in [4.69, 9.17) is 17.3 Å². The molecular weight excluding hydrogens is 318 g/mol. The van der Waals surface area contributed by atoms with Crippen molar-refractivity contribution in [2.45, 2.75) is 37.1 Å². The largest absolute Gasteiger partial charge is 0.329 e. The number of rotatable bonds is 8. The lowest BCUT2D eigenvalue weighted by atomic mass is 10.1. The quantitative estimate of drug-likeness (QED) is 0.557. The fourth-order valence-electron chi connectivity index (χ4n) is 1.86. The van der Waals surface area contributed by atoms with Gasteiger partial charge in [0.1, 0.15) is 0 Å². The van der Waals surface area contributed by atoms with Crippen molar-refractivity contribution in [1.82, 2.24) is 4.72 Å². The molecule has 0 aromatic heterocycles. The molecule has 0 aliphatic heterocycles. The lowest BCUT2D eigenvalue weighted by Crippen LogP contribution is -2.40.